The molecule has 0 aromatic rings. The van der Waals surface area contributed by atoms with Crippen LogP contribution in [0.15, 0.2) is 0 Å². The fraction of sp³-hybridized carbons (Fsp3) is 0.917. The molecule has 0 unspecified atom stereocenters. The Morgan fingerprint density at radius 1 is 1.50 bits per heavy atom. The van der Waals surface area contributed by atoms with E-state index in [9.17, 15) is 15.0 Å². The van der Waals surface area contributed by atoms with E-state index in [4.69, 9.17) is 9.84 Å². The number of hydrogen-bond acceptors (Lipinski definition) is 5. The lowest BCUT2D eigenvalue weighted by Gasteiger charge is -2.32. The molecule has 1 saturated heterocycles. The van der Waals surface area contributed by atoms with Crippen molar-refractivity contribution in [3.05, 3.63) is 0 Å². The molecular weight excluding hydrogens is 238 g/mol. The van der Waals surface area contributed by atoms with Gasteiger partial charge < -0.3 is 20.1 Å². The maximum atomic E-state index is 11.9. The van der Waals surface area contributed by atoms with Gasteiger partial charge in [-0.2, -0.15) is 0 Å². The number of aliphatic hydroxyl groups excluding tert-OH is 3. The predicted molar refractivity (Wildman–Crippen MR) is 65.1 cm³/mol. The Labute approximate surface area is 107 Å². The Bertz CT molecular complexity index is 289. The Hall–Kier alpha value is -0.850. The number of hydrogen-bond donors (Lipinski definition) is 3. The van der Waals surface area contributed by atoms with Crippen LogP contribution in [-0.4, -0.2) is 63.3 Å². The van der Waals surface area contributed by atoms with Crippen molar-refractivity contribution in [3.63, 3.8) is 0 Å². The molecule has 1 fully saturated rings. The summed E-state index contributed by atoms with van der Waals surface area (Å²) in [4.78, 5) is 13.3. The normalized spacial score (nSPS) is 26.2. The molecule has 0 aliphatic carbocycles. The van der Waals surface area contributed by atoms with Crippen LogP contribution in [-0.2, 0) is 4.74 Å². The quantitative estimate of drug-likeness (QED) is 0.670. The topological polar surface area (TPSA) is 90.2 Å². The lowest BCUT2D eigenvalue weighted by Crippen LogP contribution is -2.49. The van der Waals surface area contributed by atoms with Gasteiger partial charge in [0.15, 0.2) is 0 Å². The summed E-state index contributed by atoms with van der Waals surface area (Å²) >= 11 is 0. The zero-order chi connectivity index (χ0) is 13.9. The second-order valence-corrected chi connectivity index (χ2v) is 5.60. The van der Waals surface area contributed by atoms with Crippen molar-refractivity contribution in [3.8, 4) is 0 Å². The highest BCUT2D eigenvalue weighted by Crippen LogP contribution is 2.24. The van der Waals surface area contributed by atoms with E-state index in [1.54, 1.807) is 20.8 Å². The largest absolute Gasteiger partial charge is 0.444 e. The molecule has 0 aromatic heterocycles. The molecule has 3 N–H and O–H groups in total. The first-order chi connectivity index (χ1) is 8.26. The van der Waals surface area contributed by atoms with Gasteiger partial charge in [0.05, 0.1) is 18.2 Å². The van der Waals surface area contributed by atoms with Crippen molar-refractivity contribution in [2.24, 2.45) is 0 Å². The van der Waals surface area contributed by atoms with Gasteiger partial charge in [-0.05, 0) is 33.6 Å². The third kappa shape index (κ3) is 3.83. The van der Waals surface area contributed by atoms with Crippen LogP contribution >= 0.6 is 0 Å². The van der Waals surface area contributed by atoms with E-state index in [0.717, 1.165) is 0 Å². The third-order valence-electron chi connectivity index (χ3n) is 2.87. The van der Waals surface area contributed by atoms with Gasteiger partial charge >= 0.3 is 6.09 Å². The van der Waals surface area contributed by atoms with Crippen molar-refractivity contribution in [2.75, 3.05) is 13.2 Å². The van der Waals surface area contributed by atoms with E-state index in [1.807, 2.05) is 0 Å². The smallest absolute Gasteiger partial charge is 0.410 e. The van der Waals surface area contributed by atoms with Crippen LogP contribution < -0.4 is 0 Å². The lowest BCUT2D eigenvalue weighted by molar-refractivity contribution is -0.0201. The number of likely N-dealkylation sites (tertiary alicyclic amines) is 1. The highest BCUT2D eigenvalue weighted by molar-refractivity contribution is 5.69. The first-order valence-electron chi connectivity index (χ1n) is 6.23. The Morgan fingerprint density at radius 2 is 2.11 bits per heavy atom. The Morgan fingerprint density at radius 3 is 2.61 bits per heavy atom. The molecule has 6 nitrogen and oxygen atoms in total. The zero-order valence-corrected chi connectivity index (χ0v) is 11.2. The standard InChI is InChI=1S/C12H23NO5/c1-12(2,3)18-11(17)13-6-4-8(15)10(13)9(16)5-7-14/h8-10,14-16H,4-7H2,1-3H3/t8-,9+,10+/m1/s1. The second-order valence-electron chi connectivity index (χ2n) is 5.60. The third-order valence-corrected chi connectivity index (χ3v) is 2.87. The minimum Gasteiger partial charge on any atom is -0.444 e. The van der Waals surface area contributed by atoms with E-state index < -0.39 is 29.9 Å². The highest BCUT2D eigenvalue weighted by Gasteiger charge is 2.41. The maximum Gasteiger partial charge on any atom is 0.410 e. The van der Waals surface area contributed by atoms with E-state index >= 15 is 0 Å². The van der Waals surface area contributed by atoms with Crippen molar-refractivity contribution in [1.29, 1.82) is 0 Å². The molecule has 1 heterocycles. The van der Waals surface area contributed by atoms with Crippen molar-refractivity contribution in [2.45, 2.75) is 57.5 Å². The number of carbonyl (C=O) groups excluding carboxylic acids is 1. The summed E-state index contributed by atoms with van der Waals surface area (Å²) in [6.07, 6.45) is -1.73. The molecule has 1 aliphatic rings. The summed E-state index contributed by atoms with van der Waals surface area (Å²) in [6.45, 7) is 5.44. The lowest BCUT2D eigenvalue weighted by atomic mass is 10.0. The number of amides is 1. The van der Waals surface area contributed by atoms with Crippen LogP contribution in [0.1, 0.15) is 33.6 Å². The van der Waals surface area contributed by atoms with Crippen LogP contribution in [0, 0.1) is 0 Å². The summed E-state index contributed by atoms with van der Waals surface area (Å²) in [5, 5.41) is 28.5. The fourth-order valence-electron chi connectivity index (χ4n) is 2.10. The minimum absolute atomic E-state index is 0.126. The molecule has 3 atom stereocenters. The molecule has 0 saturated carbocycles. The van der Waals surface area contributed by atoms with E-state index in [-0.39, 0.29) is 13.0 Å². The molecule has 1 aliphatic heterocycles. The van der Waals surface area contributed by atoms with Gasteiger partial charge in [0, 0.05) is 13.2 Å². The van der Waals surface area contributed by atoms with Crippen molar-refractivity contribution >= 4 is 6.09 Å². The van der Waals surface area contributed by atoms with Crippen LogP contribution in [0.4, 0.5) is 4.79 Å². The Kier molecular flexibility index (Phi) is 4.95. The number of carbonyl (C=O) groups is 1. The van der Waals surface area contributed by atoms with Crippen LogP contribution in [0.3, 0.4) is 0 Å². The molecular formula is C12H23NO5. The molecule has 0 bridgehead atoms. The van der Waals surface area contributed by atoms with E-state index in [2.05, 4.69) is 0 Å². The second kappa shape index (κ2) is 5.86. The summed E-state index contributed by atoms with van der Waals surface area (Å²) in [5.74, 6) is 0. The van der Waals surface area contributed by atoms with Gasteiger partial charge in [0.25, 0.3) is 0 Å². The monoisotopic (exact) mass is 261 g/mol. The van der Waals surface area contributed by atoms with E-state index in [0.29, 0.717) is 13.0 Å². The van der Waals surface area contributed by atoms with Gasteiger partial charge in [-0.25, -0.2) is 4.79 Å². The first kappa shape index (κ1) is 15.2. The average molecular weight is 261 g/mol. The fourth-order valence-corrected chi connectivity index (χ4v) is 2.10. The average Bonchev–Trinajstić information content (AvgIpc) is 2.58. The molecule has 0 spiro atoms. The van der Waals surface area contributed by atoms with Gasteiger partial charge in [0.1, 0.15) is 5.60 Å². The number of aliphatic hydroxyl groups is 3. The number of rotatable bonds is 3. The maximum absolute atomic E-state index is 11.9. The zero-order valence-electron chi connectivity index (χ0n) is 11.2. The number of ether oxygens (including phenoxy) is 1. The molecule has 1 rings (SSSR count). The summed E-state index contributed by atoms with van der Waals surface area (Å²) in [5.41, 5.74) is -0.614. The molecule has 0 radical (unpaired) electrons. The van der Waals surface area contributed by atoms with Crippen LogP contribution in [0.2, 0.25) is 0 Å². The Balaban J connectivity index is 2.71. The summed E-state index contributed by atoms with van der Waals surface area (Å²) in [7, 11) is 0. The molecule has 0 aromatic carbocycles. The van der Waals surface area contributed by atoms with Gasteiger partial charge in [0.2, 0.25) is 0 Å². The van der Waals surface area contributed by atoms with E-state index in [1.165, 1.54) is 4.90 Å². The highest BCUT2D eigenvalue weighted by atomic mass is 16.6. The van der Waals surface area contributed by atoms with Crippen LogP contribution in [0.5, 0.6) is 0 Å². The van der Waals surface area contributed by atoms with Gasteiger partial charge in [-0.1, -0.05) is 0 Å². The first-order valence-corrected chi connectivity index (χ1v) is 6.23. The minimum atomic E-state index is -0.944. The molecule has 6 heteroatoms. The van der Waals surface area contributed by atoms with Crippen LogP contribution in [0.25, 0.3) is 0 Å². The SMILES string of the molecule is CC(C)(C)OC(=O)N1CC[C@@H](O)[C@H]1[C@@H](O)CCO. The van der Waals surface area contributed by atoms with Crippen molar-refractivity contribution in [1.82, 2.24) is 4.90 Å². The number of nitrogens with zero attached hydrogens (tertiary/aromatic N) is 1. The molecule has 18 heavy (non-hydrogen) atoms. The molecule has 106 valence electrons. The molecule has 1 amide bonds. The predicted octanol–water partition coefficient (Wildman–Crippen LogP) is 0.1000. The summed E-state index contributed by atoms with van der Waals surface area (Å²) < 4.78 is 5.23. The summed E-state index contributed by atoms with van der Waals surface area (Å²) in [6, 6.07) is -0.702. The van der Waals surface area contributed by atoms with Gasteiger partial charge in [-0.3, -0.25) is 4.90 Å². The van der Waals surface area contributed by atoms with Crippen molar-refractivity contribution < 1.29 is 24.9 Å². The van der Waals surface area contributed by atoms with Gasteiger partial charge in [-0.15, -0.1) is 0 Å².